The summed E-state index contributed by atoms with van der Waals surface area (Å²) in [6, 6.07) is 19.4. The van der Waals surface area contributed by atoms with Gasteiger partial charge in [-0.25, -0.2) is 8.78 Å². The molecule has 0 radical (unpaired) electrons. The van der Waals surface area contributed by atoms with Crippen LogP contribution in [0.1, 0.15) is 12.0 Å². The van der Waals surface area contributed by atoms with E-state index in [4.69, 9.17) is 4.74 Å². The molecule has 0 aliphatic carbocycles. The van der Waals surface area contributed by atoms with Crippen LogP contribution in [0, 0.1) is 11.6 Å². The van der Waals surface area contributed by atoms with E-state index in [1.165, 1.54) is 6.07 Å². The summed E-state index contributed by atoms with van der Waals surface area (Å²) < 4.78 is 31.7. The summed E-state index contributed by atoms with van der Waals surface area (Å²) in [5.41, 5.74) is 1.61. The molecule has 3 rings (SSSR count). The molecule has 2 amide bonds. The highest BCUT2D eigenvalue weighted by Crippen LogP contribution is 2.18. The van der Waals surface area contributed by atoms with Crippen LogP contribution in [0.15, 0.2) is 72.8 Å². The maximum absolute atomic E-state index is 13.1. The van der Waals surface area contributed by atoms with Gasteiger partial charge in [0.15, 0.2) is 11.6 Å². The second-order valence-electron chi connectivity index (χ2n) is 6.20. The lowest BCUT2D eigenvalue weighted by molar-refractivity contribution is -0.123. The van der Waals surface area contributed by atoms with Crippen LogP contribution in [0.4, 0.5) is 20.2 Å². The first-order valence-electron chi connectivity index (χ1n) is 8.81. The zero-order valence-corrected chi connectivity index (χ0v) is 15.3. The summed E-state index contributed by atoms with van der Waals surface area (Å²) in [7, 11) is 0. The molecule has 2 N–H and O–H groups in total. The molecule has 0 heterocycles. The third-order valence-electron chi connectivity index (χ3n) is 3.91. The number of nitrogens with one attached hydrogen (secondary N) is 2. The van der Waals surface area contributed by atoms with E-state index in [0.29, 0.717) is 18.0 Å². The minimum absolute atomic E-state index is 0.0709. The Bertz CT molecular complexity index is 993. The van der Waals surface area contributed by atoms with E-state index in [9.17, 15) is 18.4 Å². The molecule has 0 aromatic heterocycles. The number of halogens is 2. The molecule has 29 heavy (non-hydrogen) atoms. The molecule has 3 aromatic carbocycles. The fourth-order valence-corrected chi connectivity index (χ4v) is 2.51. The molecule has 0 bridgehead atoms. The van der Waals surface area contributed by atoms with Crippen LogP contribution in [-0.4, -0.2) is 11.8 Å². The molecule has 0 unspecified atom stereocenters. The number of amides is 2. The Balaban J connectivity index is 1.47. The molecule has 7 heteroatoms. The number of hydrogen-bond acceptors (Lipinski definition) is 3. The fraction of sp³-hybridized carbons (Fsp3) is 0.0909. The number of carbonyl (C=O) groups is 2. The second kappa shape index (κ2) is 9.45. The van der Waals surface area contributed by atoms with Gasteiger partial charge in [-0.2, -0.15) is 0 Å². The Labute approximate surface area is 166 Å². The standard InChI is InChI=1S/C22H18F2N2O3/c23-19-11-8-17(12-20(19)24)26-22(28)13-21(27)25-16-6-9-18(10-7-16)29-14-15-4-2-1-3-5-15/h1-12H,13-14H2,(H,25,27)(H,26,28). The molecule has 0 spiro atoms. The Kier molecular flexibility index (Phi) is 6.52. The van der Waals surface area contributed by atoms with Crippen molar-refractivity contribution in [2.75, 3.05) is 10.6 Å². The van der Waals surface area contributed by atoms with E-state index < -0.39 is 29.9 Å². The minimum Gasteiger partial charge on any atom is -0.489 e. The van der Waals surface area contributed by atoms with Crippen LogP contribution >= 0.6 is 0 Å². The van der Waals surface area contributed by atoms with Crippen molar-refractivity contribution in [2.45, 2.75) is 13.0 Å². The zero-order valence-electron chi connectivity index (χ0n) is 15.3. The molecule has 5 nitrogen and oxygen atoms in total. The van der Waals surface area contributed by atoms with E-state index in [0.717, 1.165) is 17.7 Å². The van der Waals surface area contributed by atoms with E-state index in [1.807, 2.05) is 30.3 Å². The molecule has 0 aliphatic heterocycles. The van der Waals surface area contributed by atoms with E-state index >= 15 is 0 Å². The average Bonchev–Trinajstić information content (AvgIpc) is 2.71. The Morgan fingerprint density at radius 2 is 1.38 bits per heavy atom. The zero-order chi connectivity index (χ0) is 20.6. The normalized spacial score (nSPS) is 10.3. The van der Waals surface area contributed by atoms with Crippen LogP contribution in [0.2, 0.25) is 0 Å². The third kappa shape index (κ3) is 6.14. The summed E-state index contributed by atoms with van der Waals surface area (Å²) in [4.78, 5) is 23.9. The fourth-order valence-electron chi connectivity index (χ4n) is 2.51. The molecule has 0 fully saturated rings. The van der Waals surface area contributed by atoms with Gasteiger partial charge in [-0.3, -0.25) is 9.59 Å². The Morgan fingerprint density at radius 1 is 0.759 bits per heavy atom. The first-order valence-corrected chi connectivity index (χ1v) is 8.81. The monoisotopic (exact) mass is 396 g/mol. The van der Waals surface area contributed by atoms with Crippen molar-refractivity contribution < 1.29 is 23.1 Å². The third-order valence-corrected chi connectivity index (χ3v) is 3.91. The predicted octanol–water partition coefficient (Wildman–Crippen LogP) is 4.51. The number of carbonyl (C=O) groups excluding carboxylic acids is 2. The van der Waals surface area contributed by atoms with Gasteiger partial charge >= 0.3 is 0 Å². The molecule has 0 aliphatic rings. The summed E-state index contributed by atoms with van der Waals surface area (Å²) >= 11 is 0. The number of hydrogen-bond donors (Lipinski definition) is 2. The highest BCUT2D eigenvalue weighted by Gasteiger charge is 2.11. The first kappa shape index (κ1) is 20.0. The maximum atomic E-state index is 13.1. The van der Waals surface area contributed by atoms with Gasteiger partial charge < -0.3 is 15.4 Å². The molecule has 0 saturated heterocycles. The van der Waals surface area contributed by atoms with Crippen LogP contribution in [0.3, 0.4) is 0 Å². The van der Waals surface area contributed by atoms with E-state index in [-0.39, 0.29) is 5.69 Å². The van der Waals surface area contributed by atoms with Gasteiger partial charge in [0, 0.05) is 17.4 Å². The number of ether oxygens (including phenoxy) is 1. The van der Waals surface area contributed by atoms with Crippen molar-refractivity contribution in [2.24, 2.45) is 0 Å². The molecule has 0 saturated carbocycles. The number of anilines is 2. The van der Waals surface area contributed by atoms with E-state index in [1.54, 1.807) is 24.3 Å². The first-order chi connectivity index (χ1) is 14.0. The summed E-state index contributed by atoms with van der Waals surface area (Å²) in [5, 5.41) is 4.93. The van der Waals surface area contributed by atoms with Crippen molar-refractivity contribution in [1.29, 1.82) is 0 Å². The van der Waals surface area contributed by atoms with Crippen LogP contribution < -0.4 is 15.4 Å². The van der Waals surface area contributed by atoms with Gasteiger partial charge in [-0.05, 0) is 42.0 Å². The average molecular weight is 396 g/mol. The summed E-state index contributed by atoms with van der Waals surface area (Å²) in [6.45, 7) is 0.427. The number of rotatable bonds is 7. The molecule has 0 atom stereocenters. The van der Waals surface area contributed by atoms with Gasteiger partial charge in [-0.1, -0.05) is 30.3 Å². The summed E-state index contributed by atoms with van der Waals surface area (Å²) in [6.07, 6.45) is -0.467. The smallest absolute Gasteiger partial charge is 0.233 e. The van der Waals surface area contributed by atoms with Crippen molar-refractivity contribution in [3.63, 3.8) is 0 Å². The van der Waals surface area contributed by atoms with Crippen molar-refractivity contribution in [3.8, 4) is 5.75 Å². The predicted molar refractivity (Wildman–Crippen MR) is 105 cm³/mol. The quantitative estimate of drug-likeness (QED) is 0.578. The van der Waals surface area contributed by atoms with Gasteiger partial charge in [0.05, 0.1) is 0 Å². The van der Waals surface area contributed by atoms with Gasteiger partial charge in [0.1, 0.15) is 18.8 Å². The minimum atomic E-state index is -1.08. The molecular weight excluding hydrogens is 378 g/mol. The SMILES string of the molecule is O=C(CC(=O)Nc1ccc(F)c(F)c1)Nc1ccc(OCc2ccccc2)cc1. The lowest BCUT2D eigenvalue weighted by Crippen LogP contribution is -2.21. The maximum Gasteiger partial charge on any atom is 0.233 e. The molecule has 148 valence electrons. The van der Waals surface area contributed by atoms with Crippen LogP contribution in [0.25, 0.3) is 0 Å². The van der Waals surface area contributed by atoms with Crippen molar-refractivity contribution in [1.82, 2.24) is 0 Å². The van der Waals surface area contributed by atoms with Gasteiger partial charge in [0.2, 0.25) is 11.8 Å². The molecule has 3 aromatic rings. The number of benzene rings is 3. The second-order valence-corrected chi connectivity index (χ2v) is 6.20. The summed E-state index contributed by atoms with van der Waals surface area (Å²) in [5.74, 6) is -2.64. The Morgan fingerprint density at radius 3 is 2.03 bits per heavy atom. The van der Waals surface area contributed by atoms with Gasteiger partial charge in [-0.15, -0.1) is 0 Å². The highest BCUT2D eigenvalue weighted by atomic mass is 19.2. The van der Waals surface area contributed by atoms with Gasteiger partial charge in [0.25, 0.3) is 0 Å². The molecular formula is C22H18F2N2O3. The highest BCUT2D eigenvalue weighted by molar-refractivity contribution is 6.08. The van der Waals surface area contributed by atoms with Crippen molar-refractivity contribution >= 4 is 23.2 Å². The van der Waals surface area contributed by atoms with Crippen LogP contribution in [-0.2, 0) is 16.2 Å². The Hall–Kier alpha value is -3.74. The lowest BCUT2D eigenvalue weighted by atomic mass is 10.2. The van der Waals surface area contributed by atoms with Crippen LogP contribution in [0.5, 0.6) is 5.75 Å². The topological polar surface area (TPSA) is 67.4 Å². The van der Waals surface area contributed by atoms with Crippen molar-refractivity contribution in [3.05, 3.63) is 90.0 Å². The lowest BCUT2D eigenvalue weighted by Gasteiger charge is -2.09. The largest absolute Gasteiger partial charge is 0.489 e. The van der Waals surface area contributed by atoms with E-state index in [2.05, 4.69) is 10.6 Å².